The maximum atomic E-state index is 16.8. The molecule has 4 atom stereocenters. The van der Waals surface area contributed by atoms with Gasteiger partial charge in [0.2, 0.25) is 8.32 Å². The van der Waals surface area contributed by atoms with Crippen LogP contribution in [0.25, 0.3) is 5.57 Å². The van der Waals surface area contributed by atoms with Gasteiger partial charge in [-0.05, 0) is 85.0 Å². The van der Waals surface area contributed by atoms with Gasteiger partial charge in [0, 0.05) is 41.5 Å². The Labute approximate surface area is 313 Å². The first-order chi connectivity index (χ1) is 25.4. The minimum atomic E-state index is -3.31. The molecule has 53 heavy (non-hydrogen) atoms. The zero-order chi connectivity index (χ0) is 37.8. The SMILES string of the molecule is C[C@@H]1CC2=C(Cc3ccccc32)[C@@H](c2c(F)cc(NCCNCCCF)cc2F)N1CC(F)(F)CO[Si](C1C=CC=CC1)(C1C=CC=CC1)C(C)(C)C. The number of fused-ring (bicyclic) bond motifs is 2. The zero-order valence-corrected chi connectivity index (χ0v) is 32.4. The van der Waals surface area contributed by atoms with E-state index in [1.165, 1.54) is 12.1 Å². The van der Waals surface area contributed by atoms with Crippen molar-refractivity contribution in [1.82, 2.24) is 10.2 Å². The maximum Gasteiger partial charge on any atom is 0.282 e. The number of alkyl halides is 3. The molecule has 0 amide bonds. The van der Waals surface area contributed by atoms with Gasteiger partial charge in [0.05, 0.1) is 25.9 Å². The van der Waals surface area contributed by atoms with Crippen LogP contribution in [0.3, 0.4) is 0 Å². The molecule has 2 aromatic carbocycles. The Bertz CT molecular complexity index is 1710. The fourth-order valence-corrected chi connectivity index (χ4v) is 15.0. The third kappa shape index (κ3) is 8.36. The summed E-state index contributed by atoms with van der Waals surface area (Å²) in [6.45, 7) is 7.74. The van der Waals surface area contributed by atoms with Crippen molar-refractivity contribution in [2.75, 3.05) is 44.8 Å². The van der Waals surface area contributed by atoms with Crippen LogP contribution in [0.5, 0.6) is 0 Å². The van der Waals surface area contributed by atoms with Gasteiger partial charge in [0.1, 0.15) is 11.6 Å². The molecule has 4 aliphatic rings. The predicted octanol–water partition coefficient (Wildman–Crippen LogP) is 10.6. The number of benzene rings is 2. The van der Waals surface area contributed by atoms with Crippen LogP contribution in [0.15, 0.2) is 90.6 Å². The number of nitrogens with zero attached hydrogens (tertiary/aromatic N) is 1. The minimum Gasteiger partial charge on any atom is -0.409 e. The Hall–Kier alpha value is -3.31. The van der Waals surface area contributed by atoms with Gasteiger partial charge in [-0.3, -0.25) is 9.29 Å². The van der Waals surface area contributed by atoms with Gasteiger partial charge in [-0.15, -0.1) is 0 Å². The van der Waals surface area contributed by atoms with Gasteiger partial charge < -0.3 is 15.1 Å². The third-order valence-corrected chi connectivity index (χ3v) is 17.5. The molecule has 1 aliphatic heterocycles. The summed E-state index contributed by atoms with van der Waals surface area (Å²) in [5, 5.41) is 5.75. The number of allylic oxidation sites excluding steroid dienone is 8. The molecular weight excluding hydrogens is 698 g/mol. The van der Waals surface area contributed by atoms with Gasteiger partial charge >= 0.3 is 0 Å². The maximum absolute atomic E-state index is 16.8. The highest BCUT2D eigenvalue weighted by atomic mass is 28.4. The average Bonchev–Trinajstić information content (AvgIpc) is 3.49. The summed E-state index contributed by atoms with van der Waals surface area (Å²) in [6, 6.07) is 8.96. The molecule has 2 unspecified atom stereocenters. The highest BCUT2D eigenvalue weighted by Gasteiger charge is 2.57. The molecule has 3 aliphatic carbocycles. The van der Waals surface area contributed by atoms with Crippen molar-refractivity contribution in [2.24, 2.45) is 0 Å². The topological polar surface area (TPSA) is 36.5 Å². The molecule has 0 fully saturated rings. The van der Waals surface area contributed by atoms with Gasteiger partial charge in [0.15, 0.2) is 0 Å². The van der Waals surface area contributed by atoms with E-state index < -0.39 is 57.8 Å². The third-order valence-electron chi connectivity index (χ3n) is 11.5. The molecule has 0 saturated carbocycles. The van der Waals surface area contributed by atoms with E-state index in [0.29, 0.717) is 38.9 Å². The van der Waals surface area contributed by atoms with E-state index in [1.54, 1.807) is 4.90 Å². The fourth-order valence-electron chi connectivity index (χ4n) is 9.12. The molecule has 286 valence electrons. The van der Waals surface area contributed by atoms with E-state index in [9.17, 15) is 4.39 Å². The van der Waals surface area contributed by atoms with Crippen LogP contribution < -0.4 is 10.6 Å². The lowest BCUT2D eigenvalue weighted by Gasteiger charge is -2.51. The summed E-state index contributed by atoms with van der Waals surface area (Å²) in [6.07, 6.45) is 19.3. The lowest BCUT2D eigenvalue weighted by Crippen LogP contribution is -2.57. The minimum absolute atomic E-state index is 0.0112. The Morgan fingerprint density at radius 1 is 0.906 bits per heavy atom. The number of hydrogen-bond donors (Lipinski definition) is 2. The lowest BCUT2D eigenvalue weighted by atomic mass is 9.84. The summed E-state index contributed by atoms with van der Waals surface area (Å²) in [4.78, 5) is 1.62. The highest BCUT2D eigenvalue weighted by molar-refractivity contribution is 6.80. The number of halogens is 5. The predicted molar refractivity (Wildman–Crippen MR) is 209 cm³/mol. The highest BCUT2D eigenvalue weighted by Crippen LogP contribution is 2.56. The van der Waals surface area contributed by atoms with Crippen molar-refractivity contribution in [3.63, 3.8) is 0 Å². The number of rotatable bonds is 15. The summed E-state index contributed by atoms with van der Waals surface area (Å²) < 4.78 is 85.5. The Morgan fingerprint density at radius 2 is 1.57 bits per heavy atom. The van der Waals surface area contributed by atoms with E-state index in [4.69, 9.17) is 4.43 Å². The normalized spacial score (nSPS) is 24.0. The molecule has 6 rings (SSSR count). The molecule has 0 saturated heterocycles. The molecule has 0 spiro atoms. The van der Waals surface area contributed by atoms with Crippen LogP contribution in [0, 0.1) is 11.6 Å². The second-order valence-electron chi connectivity index (χ2n) is 16.0. The van der Waals surface area contributed by atoms with Gasteiger partial charge in [-0.25, -0.2) is 17.6 Å². The van der Waals surface area contributed by atoms with Crippen molar-refractivity contribution in [2.45, 2.75) is 93.9 Å². The van der Waals surface area contributed by atoms with E-state index in [0.717, 1.165) is 35.1 Å². The van der Waals surface area contributed by atoms with E-state index in [-0.39, 0.29) is 27.4 Å². The van der Waals surface area contributed by atoms with Crippen LogP contribution in [0.4, 0.5) is 27.6 Å². The number of nitrogens with one attached hydrogen (secondary N) is 2. The van der Waals surface area contributed by atoms with Crippen LogP contribution in [0.1, 0.15) is 76.1 Å². The van der Waals surface area contributed by atoms with Crippen LogP contribution in [0.2, 0.25) is 16.1 Å². The second-order valence-corrected chi connectivity index (χ2v) is 20.9. The first kappa shape index (κ1) is 39.4. The molecule has 2 aromatic rings. The van der Waals surface area contributed by atoms with Crippen molar-refractivity contribution < 1.29 is 26.4 Å². The fraction of sp³-hybridized carbons (Fsp3) is 0.488. The number of hydrogen-bond acceptors (Lipinski definition) is 4. The van der Waals surface area contributed by atoms with Gasteiger partial charge in [0.25, 0.3) is 5.92 Å². The molecule has 1 heterocycles. The van der Waals surface area contributed by atoms with E-state index >= 15 is 17.6 Å². The summed E-state index contributed by atoms with van der Waals surface area (Å²) in [7, 11) is -3.01. The van der Waals surface area contributed by atoms with Crippen LogP contribution >= 0.6 is 0 Å². The Morgan fingerprint density at radius 3 is 2.17 bits per heavy atom. The van der Waals surface area contributed by atoms with Crippen LogP contribution in [-0.2, 0) is 10.8 Å². The molecule has 4 nitrogen and oxygen atoms in total. The first-order valence-electron chi connectivity index (χ1n) is 19.1. The summed E-state index contributed by atoms with van der Waals surface area (Å²) in [5.41, 5.74) is 3.90. The van der Waals surface area contributed by atoms with E-state index in [1.807, 2.05) is 55.5 Å². The zero-order valence-electron chi connectivity index (χ0n) is 31.4. The van der Waals surface area contributed by atoms with Crippen molar-refractivity contribution >= 4 is 19.6 Å². The Balaban J connectivity index is 1.31. The average molecular weight is 752 g/mol. The van der Waals surface area contributed by atoms with Crippen molar-refractivity contribution in [1.29, 1.82) is 0 Å². The van der Waals surface area contributed by atoms with Crippen LogP contribution in [-0.4, -0.2) is 64.6 Å². The van der Waals surface area contributed by atoms with E-state index in [2.05, 4.69) is 55.7 Å². The second kappa shape index (κ2) is 16.6. The first-order valence-corrected chi connectivity index (χ1v) is 21.2. The standard InChI is InChI=1S/C43H54F5N3OSi/c1-30-24-36-35-19-12-11-14-31(35)25-37(36)41(40-38(45)26-32(27-39(40)46)50-23-22-49-21-13-20-44)51(30)28-43(47,48)29-52-53(42(2,3)4,33-15-7-5-8-16-33)34-17-9-6-10-18-34/h5-12,14-15,17,19,26-27,30,33-34,41,49-50H,13,16,18,20-25,28-29H2,1-4H3/t30-,33?,34?,41+,53?/m1/s1. The van der Waals surface area contributed by atoms with Crippen molar-refractivity contribution in [3.8, 4) is 0 Å². The monoisotopic (exact) mass is 751 g/mol. The molecule has 0 bridgehead atoms. The molecule has 2 N–H and O–H groups in total. The smallest absolute Gasteiger partial charge is 0.282 e. The molecule has 0 aromatic heterocycles. The quantitative estimate of drug-likeness (QED) is 0.108. The Kier molecular flexibility index (Phi) is 12.3. The largest absolute Gasteiger partial charge is 0.409 e. The van der Waals surface area contributed by atoms with Gasteiger partial charge in [-0.2, -0.15) is 0 Å². The number of anilines is 1. The molecule has 10 heteroatoms. The molecule has 0 radical (unpaired) electrons. The summed E-state index contributed by atoms with van der Waals surface area (Å²) >= 11 is 0. The lowest BCUT2D eigenvalue weighted by molar-refractivity contribution is -0.0837. The van der Waals surface area contributed by atoms with Crippen molar-refractivity contribution in [3.05, 3.63) is 119 Å². The summed E-state index contributed by atoms with van der Waals surface area (Å²) in [5.74, 6) is -4.87. The van der Waals surface area contributed by atoms with Gasteiger partial charge in [-0.1, -0.05) is 93.6 Å². The molecular formula is C43H54F5N3OSi.